The predicted octanol–water partition coefficient (Wildman–Crippen LogP) is 3.71. The second kappa shape index (κ2) is 10.3. The van der Waals surface area contributed by atoms with E-state index in [0.717, 1.165) is 19.8 Å². The van der Waals surface area contributed by atoms with Gasteiger partial charge in [-0.05, 0) is 39.5 Å². The zero-order chi connectivity index (χ0) is 19.7. The second-order valence-electron chi connectivity index (χ2n) is 7.83. The Balaban J connectivity index is 0.00000129. The van der Waals surface area contributed by atoms with Crippen molar-refractivity contribution in [3.05, 3.63) is 0 Å². The average Bonchev–Trinajstić information content (AvgIpc) is 2.43. The Bertz CT molecular complexity index is 443. The highest BCUT2D eigenvalue weighted by molar-refractivity contribution is 5.76. The quantitative estimate of drug-likeness (QED) is 0.586. The van der Waals surface area contributed by atoms with Crippen molar-refractivity contribution in [2.24, 2.45) is 11.3 Å². The lowest BCUT2D eigenvalue weighted by Crippen LogP contribution is -2.41. The van der Waals surface area contributed by atoms with Crippen LogP contribution >= 0.6 is 0 Å². The predicted molar refractivity (Wildman–Crippen MR) is 94.0 cm³/mol. The number of hydrogen-bond acceptors (Lipinski definition) is 5. The van der Waals surface area contributed by atoms with Gasteiger partial charge in [0.05, 0.1) is 5.41 Å². The molecule has 1 saturated carbocycles. The van der Waals surface area contributed by atoms with Gasteiger partial charge < -0.3 is 19.9 Å². The Hall–Kier alpha value is -1.79. The van der Waals surface area contributed by atoms with E-state index < -0.39 is 29.2 Å². The maximum atomic E-state index is 11.8. The van der Waals surface area contributed by atoms with Crippen LogP contribution in [0.2, 0.25) is 0 Å². The number of alkyl carbamates (subject to hydrolysis) is 1. The van der Waals surface area contributed by atoms with Crippen molar-refractivity contribution >= 4 is 18.0 Å². The van der Waals surface area contributed by atoms with E-state index in [1.165, 1.54) is 19.3 Å². The highest BCUT2D eigenvalue weighted by Crippen LogP contribution is 2.23. The van der Waals surface area contributed by atoms with Crippen LogP contribution in [0.1, 0.15) is 73.6 Å². The van der Waals surface area contributed by atoms with Crippen LogP contribution in [0.15, 0.2) is 0 Å². The van der Waals surface area contributed by atoms with Crippen molar-refractivity contribution in [3.8, 4) is 0 Å². The van der Waals surface area contributed by atoms with Gasteiger partial charge in [-0.25, -0.2) is 4.79 Å². The third kappa shape index (κ3) is 12.3. The number of carboxylic acid groups (broad SMARTS) is 1. The van der Waals surface area contributed by atoms with E-state index in [1.54, 1.807) is 34.6 Å². The topological polar surface area (TPSA) is 102 Å². The normalized spacial score (nSPS) is 15.4. The Morgan fingerprint density at radius 1 is 1.00 bits per heavy atom. The zero-order valence-corrected chi connectivity index (χ0v) is 16.3. The molecule has 0 aromatic heterocycles. The summed E-state index contributed by atoms with van der Waals surface area (Å²) in [7, 11) is 0. The molecule has 7 heteroatoms. The van der Waals surface area contributed by atoms with Gasteiger partial charge in [0.2, 0.25) is 0 Å². The summed E-state index contributed by atoms with van der Waals surface area (Å²) < 4.78 is 10.4. The SMILES string of the molecule is CC(=O)O.CC(C)(OC(=O)NCC1CCCCC1)OC(=O)C(C)(C)C. The summed E-state index contributed by atoms with van der Waals surface area (Å²) in [6, 6.07) is 0. The van der Waals surface area contributed by atoms with Crippen LogP contribution in [0.4, 0.5) is 4.79 Å². The molecule has 1 fully saturated rings. The highest BCUT2D eigenvalue weighted by Gasteiger charge is 2.33. The maximum Gasteiger partial charge on any atom is 0.410 e. The minimum atomic E-state index is -1.26. The number of nitrogens with one attached hydrogen (secondary N) is 1. The number of esters is 1. The Kier molecular flexibility index (Phi) is 9.52. The lowest BCUT2D eigenvalue weighted by Gasteiger charge is -2.29. The molecule has 146 valence electrons. The lowest BCUT2D eigenvalue weighted by atomic mass is 9.89. The standard InChI is InChI=1S/C16H29NO4.C2H4O2/c1-15(2,3)13(18)20-16(4,5)21-14(19)17-11-12-9-7-6-8-10-12;1-2(3)4/h12H,6-11H2,1-5H3,(H,17,19);1H3,(H,3,4). The number of ether oxygens (including phenoxy) is 2. The molecule has 0 radical (unpaired) electrons. The molecule has 1 aliphatic rings. The van der Waals surface area contributed by atoms with Crippen LogP contribution in [0, 0.1) is 11.3 Å². The summed E-state index contributed by atoms with van der Waals surface area (Å²) >= 11 is 0. The summed E-state index contributed by atoms with van der Waals surface area (Å²) in [5.74, 6) is -1.96. The van der Waals surface area contributed by atoms with Crippen molar-refractivity contribution in [3.63, 3.8) is 0 Å². The molecule has 2 N–H and O–H groups in total. The lowest BCUT2D eigenvalue weighted by molar-refractivity contribution is -0.203. The van der Waals surface area contributed by atoms with Crippen molar-refractivity contribution in [1.82, 2.24) is 5.32 Å². The molecule has 1 amide bonds. The molecule has 0 aromatic rings. The molecular formula is C18H33NO6. The average molecular weight is 359 g/mol. The summed E-state index contributed by atoms with van der Waals surface area (Å²) in [6.07, 6.45) is 5.53. The molecule has 0 aromatic carbocycles. The first-order valence-electron chi connectivity index (χ1n) is 8.73. The number of carboxylic acids is 1. The van der Waals surface area contributed by atoms with E-state index >= 15 is 0 Å². The van der Waals surface area contributed by atoms with Gasteiger partial charge in [-0.1, -0.05) is 19.3 Å². The Morgan fingerprint density at radius 2 is 1.48 bits per heavy atom. The molecule has 7 nitrogen and oxygen atoms in total. The maximum absolute atomic E-state index is 11.8. The summed E-state index contributed by atoms with van der Waals surface area (Å²) in [5, 5.41) is 10.2. The molecule has 25 heavy (non-hydrogen) atoms. The summed E-state index contributed by atoms with van der Waals surface area (Å²) in [5.41, 5.74) is -0.626. The van der Waals surface area contributed by atoms with Crippen molar-refractivity contribution in [1.29, 1.82) is 0 Å². The number of carbonyl (C=O) groups excluding carboxylic acids is 2. The third-order valence-electron chi connectivity index (χ3n) is 3.55. The van der Waals surface area contributed by atoms with Gasteiger partial charge in [0.1, 0.15) is 0 Å². The molecule has 0 unspecified atom stereocenters. The number of amides is 1. The third-order valence-corrected chi connectivity index (χ3v) is 3.55. The van der Waals surface area contributed by atoms with E-state index in [9.17, 15) is 9.59 Å². The Labute approximate surface area is 150 Å². The molecule has 0 saturated heterocycles. The van der Waals surface area contributed by atoms with Crippen molar-refractivity contribution in [2.45, 2.75) is 79.4 Å². The van der Waals surface area contributed by atoms with Crippen LogP contribution in [-0.4, -0.2) is 35.5 Å². The first-order valence-corrected chi connectivity index (χ1v) is 8.73. The van der Waals surface area contributed by atoms with Crippen LogP contribution in [-0.2, 0) is 19.1 Å². The fourth-order valence-electron chi connectivity index (χ4n) is 2.28. The fraction of sp³-hybridized carbons (Fsp3) is 0.833. The van der Waals surface area contributed by atoms with Gasteiger partial charge in [-0.2, -0.15) is 0 Å². The van der Waals surface area contributed by atoms with Gasteiger partial charge in [-0.3, -0.25) is 9.59 Å². The molecule has 0 heterocycles. The Morgan fingerprint density at radius 3 is 1.92 bits per heavy atom. The van der Waals surface area contributed by atoms with Gasteiger partial charge >= 0.3 is 12.1 Å². The summed E-state index contributed by atoms with van der Waals surface area (Å²) in [4.78, 5) is 32.6. The van der Waals surface area contributed by atoms with Crippen LogP contribution in [0.3, 0.4) is 0 Å². The number of hydrogen-bond donors (Lipinski definition) is 2. The second-order valence-corrected chi connectivity index (χ2v) is 7.83. The van der Waals surface area contributed by atoms with Gasteiger partial charge in [0, 0.05) is 27.3 Å². The van der Waals surface area contributed by atoms with Gasteiger partial charge in [0.25, 0.3) is 11.8 Å². The first-order chi connectivity index (χ1) is 11.3. The molecule has 0 atom stereocenters. The number of aliphatic carboxylic acids is 1. The zero-order valence-electron chi connectivity index (χ0n) is 16.3. The molecule has 0 bridgehead atoms. The number of rotatable bonds is 4. The van der Waals surface area contributed by atoms with Crippen LogP contribution < -0.4 is 5.32 Å². The molecule has 0 aliphatic heterocycles. The van der Waals surface area contributed by atoms with E-state index in [4.69, 9.17) is 19.4 Å². The molecule has 1 rings (SSSR count). The summed E-state index contributed by atoms with van der Waals surface area (Å²) in [6.45, 7) is 10.1. The van der Waals surface area contributed by atoms with Gasteiger partial charge in [0.15, 0.2) is 0 Å². The smallest absolute Gasteiger partial charge is 0.410 e. The van der Waals surface area contributed by atoms with Crippen LogP contribution in [0.25, 0.3) is 0 Å². The van der Waals surface area contributed by atoms with Gasteiger partial charge in [-0.15, -0.1) is 0 Å². The van der Waals surface area contributed by atoms with E-state index in [2.05, 4.69) is 5.32 Å². The number of carbonyl (C=O) groups is 3. The highest BCUT2D eigenvalue weighted by atomic mass is 16.7. The van der Waals surface area contributed by atoms with Crippen molar-refractivity contribution < 1.29 is 29.0 Å². The minimum absolute atomic E-state index is 0.396. The minimum Gasteiger partial charge on any atom is -0.481 e. The largest absolute Gasteiger partial charge is 0.481 e. The molecule has 0 spiro atoms. The van der Waals surface area contributed by atoms with E-state index in [-0.39, 0.29) is 0 Å². The van der Waals surface area contributed by atoms with E-state index in [0.29, 0.717) is 12.5 Å². The van der Waals surface area contributed by atoms with Crippen LogP contribution in [0.5, 0.6) is 0 Å². The molecular weight excluding hydrogens is 326 g/mol. The molecule has 1 aliphatic carbocycles. The fourth-order valence-corrected chi connectivity index (χ4v) is 2.28. The van der Waals surface area contributed by atoms with Crippen molar-refractivity contribution in [2.75, 3.05) is 6.54 Å². The monoisotopic (exact) mass is 359 g/mol. The first kappa shape index (κ1) is 23.2. The van der Waals surface area contributed by atoms with E-state index in [1.807, 2.05) is 0 Å².